The average Bonchev–Trinajstić information content (AvgIpc) is 2.61. The fraction of sp³-hybridized carbons (Fsp3) is 0.222. The molecule has 0 fully saturated rings. The number of rotatable bonds is 5. The van der Waals surface area contributed by atoms with E-state index in [9.17, 15) is 4.79 Å². The maximum atomic E-state index is 11.5. The van der Waals surface area contributed by atoms with Crippen LogP contribution in [0.2, 0.25) is 0 Å². The maximum Gasteiger partial charge on any atom is 0.337 e. The van der Waals surface area contributed by atoms with Crippen LogP contribution in [0.25, 0.3) is 0 Å². The molecule has 0 aliphatic heterocycles. The van der Waals surface area contributed by atoms with Gasteiger partial charge in [0.1, 0.15) is 5.75 Å². The standard InChI is InChI=1S/C18H19NO3S/c1-12(13-4-6-14(7-5-13)18(20)22-3)17(23)19-15-8-10-16(21-2)11-9-15/h4-12H,1-3H3,(H,19,23). The van der Waals surface area contributed by atoms with Crippen molar-refractivity contribution in [1.29, 1.82) is 0 Å². The minimum Gasteiger partial charge on any atom is -0.497 e. The van der Waals surface area contributed by atoms with E-state index in [4.69, 9.17) is 21.7 Å². The van der Waals surface area contributed by atoms with Crippen LogP contribution in [-0.4, -0.2) is 25.2 Å². The third-order valence-corrected chi connectivity index (χ3v) is 4.04. The van der Waals surface area contributed by atoms with Crippen LogP contribution < -0.4 is 10.1 Å². The van der Waals surface area contributed by atoms with Gasteiger partial charge in [0.25, 0.3) is 0 Å². The number of thiocarbonyl (C=S) groups is 1. The molecule has 1 N–H and O–H groups in total. The minimum absolute atomic E-state index is 0.0267. The third-order valence-electron chi connectivity index (χ3n) is 3.58. The van der Waals surface area contributed by atoms with Crippen LogP contribution in [0, 0.1) is 0 Å². The first-order chi connectivity index (χ1) is 11.0. The number of nitrogens with one attached hydrogen (secondary N) is 1. The molecule has 0 aliphatic rings. The molecule has 0 heterocycles. The van der Waals surface area contributed by atoms with Crippen molar-refractivity contribution in [3.05, 3.63) is 59.7 Å². The number of ether oxygens (including phenoxy) is 2. The summed E-state index contributed by atoms with van der Waals surface area (Å²) in [5, 5.41) is 3.22. The van der Waals surface area contributed by atoms with E-state index < -0.39 is 0 Å². The molecular weight excluding hydrogens is 310 g/mol. The van der Waals surface area contributed by atoms with Gasteiger partial charge in [-0.15, -0.1) is 0 Å². The Labute approximate surface area is 141 Å². The Balaban J connectivity index is 2.05. The van der Waals surface area contributed by atoms with Crippen molar-refractivity contribution in [3.8, 4) is 5.75 Å². The van der Waals surface area contributed by atoms with Gasteiger partial charge in [-0.1, -0.05) is 31.3 Å². The molecule has 23 heavy (non-hydrogen) atoms. The molecule has 0 saturated carbocycles. The number of methoxy groups -OCH3 is 2. The normalized spacial score (nSPS) is 11.4. The summed E-state index contributed by atoms with van der Waals surface area (Å²) in [6.45, 7) is 2.02. The van der Waals surface area contributed by atoms with Gasteiger partial charge in [-0.25, -0.2) is 4.79 Å². The lowest BCUT2D eigenvalue weighted by Crippen LogP contribution is -2.16. The SMILES string of the molecule is COC(=O)c1ccc(C(C)C(=S)Nc2ccc(OC)cc2)cc1. The van der Waals surface area contributed by atoms with Gasteiger partial charge in [0.2, 0.25) is 0 Å². The number of hydrogen-bond acceptors (Lipinski definition) is 4. The summed E-state index contributed by atoms with van der Waals surface area (Å²) in [4.78, 5) is 12.2. The highest BCUT2D eigenvalue weighted by Crippen LogP contribution is 2.21. The van der Waals surface area contributed by atoms with Gasteiger partial charge in [0.15, 0.2) is 0 Å². The monoisotopic (exact) mass is 329 g/mol. The molecular formula is C18H19NO3S. The second kappa shape index (κ2) is 7.74. The van der Waals surface area contributed by atoms with Gasteiger partial charge in [0, 0.05) is 11.6 Å². The van der Waals surface area contributed by atoms with Gasteiger partial charge in [-0.2, -0.15) is 0 Å². The number of anilines is 1. The molecule has 0 bridgehead atoms. The predicted molar refractivity (Wildman–Crippen MR) is 95.4 cm³/mol. The van der Waals surface area contributed by atoms with Crippen molar-refractivity contribution in [2.24, 2.45) is 0 Å². The molecule has 0 amide bonds. The Kier molecular flexibility index (Phi) is 5.71. The van der Waals surface area contributed by atoms with Crippen LogP contribution in [0.4, 0.5) is 5.69 Å². The van der Waals surface area contributed by atoms with E-state index in [1.54, 1.807) is 19.2 Å². The number of carbonyl (C=O) groups excluding carboxylic acids is 1. The maximum absolute atomic E-state index is 11.5. The zero-order chi connectivity index (χ0) is 16.8. The van der Waals surface area contributed by atoms with E-state index in [2.05, 4.69) is 5.32 Å². The summed E-state index contributed by atoms with van der Waals surface area (Å²) >= 11 is 5.48. The van der Waals surface area contributed by atoms with Crippen molar-refractivity contribution in [2.75, 3.05) is 19.5 Å². The van der Waals surface area contributed by atoms with E-state index in [0.29, 0.717) is 10.6 Å². The molecule has 0 radical (unpaired) electrons. The summed E-state index contributed by atoms with van der Waals surface area (Å²) < 4.78 is 9.83. The highest BCUT2D eigenvalue weighted by Gasteiger charge is 2.13. The van der Waals surface area contributed by atoms with Crippen LogP contribution in [-0.2, 0) is 4.74 Å². The molecule has 2 rings (SSSR count). The van der Waals surface area contributed by atoms with Crippen LogP contribution in [0.15, 0.2) is 48.5 Å². The molecule has 120 valence electrons. The second-order valence-corrected chi connectivity index (χ2v) is 5.49. The summed E-state index contributed by atoms with van der Waals surface area (Å²) in [5.74, 6) is 0.481. The summed E-state index contributed by atoms with van der Waals surface area (Å²) in [7, 11) is 3.00. The van der Waals surface area contributed by atoms with Crippen LogP contribution in [0.1, 0.15) is 28.8 Å². The van der Waals surface area contributed by atoms with E-state index in [1.807, 2.05) is 43.3 Å². The fourth-order valence-corrected chi connectivity index (χ4v) is 2.36. The Morgan fingerprint density at radius 2 is 1.65 bits per heavy atom. The summed E-state index contributed by atoms with van der Waals surface area (Å²) in [5.41, 5.74) is 2.47. The largest absolute Gasteiger partial charge is 0.497 e. The van der Waals surface area contributed by atoms with Gasteiger partial charge < -0.3 is 14.8 Å². The molecule has 0 saturated heterocycles. The average molecular weight is 329 g/mol. The number of hydrogen-bond donors (Lipinski definition) is 1. The first-order valence-electron chi connectivity index (χ1n) is 7.18. The lowest BCUT2D eigenvalue weighted by molar-refractivity contribution is 0.0600. The van der Waals surface area contributed by atoms with Crippen molar-refractivity contribution in [3.63, 3.8) is 0 Å². The number of carbonyl (C=O) groups is 1. The molecule has 2 aromatic rings. The Morgan fingerprint density at radius 3 is 2.17 bits per heavy atom. The van der Waals surface area contributed by atoms with E-state index in [0.717, 1.165) is 17.0 Å². The minimum atomic E-state index is -0.344. The van der Waals surface area contributed by atoms with Gasteiger partial charge in [-0.3, -0.25) is 0 Å². The number of esters is 1. The molecule has 1 unspecified atom stereocenters. The van der Waals surface area contributed by atoms with Crippen molar-refractivity contribution < 1.29 is 14.3 Å². The zero-order valence-corrected chi connectivity index (χ0v) is 14.1. The van der Waals surface area contributed by atoms with Crippen LogP contribution in [0.5, 0.6) is 5.75 Å². The van der Waals surface area contributed by atoms with E-state index in [-0.39, 0.29) is 11.9 Å². The second-order valence-electron chi connectivity index (χ2n) is 5.05. The Hall–Kier alpha value is -2.40. The molecule has 5 heteroatoms. The quantitative estimate of drug-likeness (QED) is 0.663. The lowest BCUT2D eigenvalue weighted by atomic mass is 9.99. The molecule has 1 atom stereocenters. The van der Waals surface area contributed by atoms with Gasteiger partial charge in [-0.05, 0) is 42.0 Å². The molecule has 2 aromatic carbocycles. The van der Waals surface area contributed by atoms with E-state index >= 15 is 0 Å². The highest BCUT2D eigenvalue weighted by molar-refractivity contribution is 7.80. The first-order valence-corrected chi connectivity index (χ1v) is 7.59. The number of benzene rings is 2. The Bertz CT molecular complexity index is 680. The smallest absolute Gasteiger partial charge is 0.337 e. The van der Waals surface area contributed by atoms with Crippen molar-refractivity contribution in [1.82, 2.24) is 0 Å². The Morgan fingerprint density at radius 1 is 1.04 bits per heavy atom. The van der Waals surface area contributed by atoms with Crippen LogP contribution in [0.3, 0.4) is 0 Å². The highest BCUT2D eigenvalue weighted by atomic mass is 32.1. The molecule has 0 spiro atoms. The molecule has 0 aliphatic carbocycles. The first kappa shape index (κ1) is 17.0. The third kappa shape index (κ3) is 4.29. The lowest BCUT2D eigenvalue weighted by Gasteiger charge is -2.16. The topological polar surface area (TPSA) is 47.6 Å². The zero-order valence-electron chi connectivity index (χ0n) is 13.3. The molecule has 0 aromatic heterocycles. The van der Waals surface area contributed by atoms with Crippen molar-refractivity contribution >= 4 is 28.9 Å². The summed E-state index contributed by atoms with van der Waals surface area (Å²) in [6.07, 6.45) is 0. The fourth-order valence-electron chi connectivity index (χ4n) is 2.10. The van der Waals surface area contributed by atoms with Gasteiger partial charge >= 0.3 is 5.97 Å². The van der Waals surface area contributed by atoms with Crippen LogP contribution >= 0.6 is 12.2 Å². The predicted octanol–water partition coefficient (Wildman–Crippen LogP) is 4.02. The van der Waals surface area contributed by atoms with E-state index in [1.165, 1.54) is 7.11 Å². The van der Waals surface area contributed by atoms with Gasteiger partial charge in [0.05, 0.1) is 24.8 Å². The molecule has 4 nitrogen and oxygen atoms in total. The summed E-state index contributed by atoms with van der Waals surface area (Å²) in [6, 6.07) is 14.8. The van der Waals surface area contributed by atoms with Crippen molar-refractivity contribution in [2.45, 2.75) is 12.8 Å².